The molecule has 0 spiro atoms. The van der Waals surface area contributed by atoms with Crippen LogP contribution in [0.4, 0.5) is 5.69 Å². The summed E-state index contributed by atoms with van der Waals surface area (Å²) in [6.07, 6.45) is 2.94. The molecule has 0 aliphatic carbocycles. The molecule has 0 saturated heterocycles. The predicted molar refractivity (Wildman–Crippen MR) is 102 cm³/mol. The molecule has 7 nitrogen and oxygen atoms in total. The highest BCUT2D eigenvalue weighted by Crippen LogP contribution is 2.27. The zero-order valence-corrected chi connectivity index (χ0v) is 15.0. The predicted octanol–water partition coefficient (Wildman–Crippen LogP) is 4.67. The molecule has 0 radical (unpaired) electrons. The number of nitrogens with zero attached hydrogens (tertiary/aromatic N) is 1. The van der Waals surface area contributed by atoms with Gasteiger partial charge in [-0.1, -0.05) is 24.3 Å². The van der Waals surface area contributed by atoms with Gasteiger partial charge in [-0.15, -0.1) is 0 Å². The molecule has 2 aromatic carbocycles. The normalized spacial score (nSPS) is 10.8. The second-order valence-corrected chi connectivity index (χ2v) is 5.72. The topological polar surface area (TPSA) is 91.8 Å². The summed E-state index contributed by atoms with van der Waals surface area (Å²) in [5.74, 6) is 1.38. The van der Waals surface area contributed by atoms with Crippen molar-refractivity contribution in [3.63, 3.8) is 0 Å². The fourth-order valence-corrected chi connectivity index (χ4v) is 2.54. The molecular formula is C21H17NO6. The van der Waals surface area contributed by atoms with Gasteiger partial charge in [0.05, 0.1) is 17.6 Å². The highest BCUT2D eigenvalue weighted by Gasteiger charge is 2.14. The first-order valence-corrected chi connectivity index (χ1v) is 8.39. The van der Waals surface area contributed by atoms with Crippen LogP contribution in [0.15, 0.2) is 71.2 Å². The van der Waals surface area contributed by atoms with Crippen LogP contribution in [0.1, 0.15) is 21.9 Å². The number of allylic oxidation sites excluding steroid dienone is 1. The Hall–Kier alpha value is -3.87. The average Bonchev–Trinajstić information content (AvgIpc) is 3.18. The molecule has 1 aromatic heterocycles. The first-order chi connectivity index (χ1) is 13.6. The van der Waals surface area contributed by atoms with Crippen LogP contribution in [-0.2, 0) is 6.61 Å². The maximum atomic E-state index is 12.3. The Morgan fingerprint density at radius 2 is 1.79 bits per heavy atom. The number of ether oxygens (including phenoxy) is 2. The number of methoxy groups -OCH3 is 1. The molecule has 3 aromatic rings. The van der Waals surface area contributed by atoms with E-state index < -0.39 is 4.92 Å². The molecule has 0 unspecified atom stereocenters. The summed E-state index contributed by atoms with van der Waals surface area (Å²) in [6.45, 7) is 0.0269. The first-order valence-electron chi connectivity index (χ1n) is 8.39. The second-order valence-electron chi connectivity index (χ2n) is 5.72. The minimum absolute atomic E-state index is 0.0269. The third-order valence-electron chi connectivity index (χ3n) is 3.89. The summed E-state index contributed by atoms with van der Waals surface area (Å²) in [7, 11) is 1.51. The van der Waals surface area contributed by atoms with Crippen LogP contribution in [0.25, 0.3) is 6.08 Å². The van der Waals surface area contributed by atoms with E-state index in [1.807, 2.05) is 0 Å². The Kier molecular flexibility index (Phi) is 5.86. The Morgan fingerprint density at radius 3 is 2.54 bits per heavy atom. The second kappa shape index (κ2) is 8.68. The van der Waals surface area contributed by atoms with Gasteiger partial charge in [-0.05, 0) is 42.5 Å². The minimum Gasteiger partial charge on any atom is -0.496 e. The number of carbonyl (C=O) groups excluding carboxylic acids is 1. The van der Waals surface area contributed by atoms with Crippen LogP contribution in [0, 0.1) is 10.1 Å². The fraction of sp³-hybridized carbons (Fsp3) is 0.0952. The summed E-state index contributed by atoms with van der Waals surface area (Å²) < 4.78 is 16.2. The molecule has 0 aliphatic rings. The van der Waals surface area contributed by atoms with Crippen molar-refractivity contribution < 1.29 is 23.6 Å². The van der Waals surface area contributed by atoms with Crippen LogP contribution in [0.2, 0.25) is 0 Å². The van der Waals surface area contributed by atoms with Crippen molar-refractivity contribution in [3.05, 3.63) is 93.9 Å². The number of hydrogen-bond donors (Lipinski definition) is 0. The molecule has 0 atom stereocenters. The molecule has 0 fully saturated rings. The molecule has 0 bridgehead atoms. The lowest BCUT2D eigenvalue weighted by molar-refractivity contribution is -0.386. The monoisotopic (exact) mass is 379 g/mol. The van der Waals surface area contributed by atoms with Gasteiger partial charge in [0.15, 0.2) is 11.5 Å². The zero-order valence-electron chi connectivity index (χ0n) is 15.0. The van der Waals surface area contributed by atoms with Crippen LogP contribution >= 0.6 is 0 Å². The average molecular weight is 379 g/mol. The first kappa shape index (κ1) is 18.9. The third-order valence-corrected chi connectivity index (χ3v) is 3.89. The smallest absolute Gasteiger partial charge is 0.310 e. The van der Waals surface area contributed by atoms with Crippen LogP contribution < -0.4 is 9.47 Å². The van der Waals surface area contributed by atoms with Crippen LogP contribution in [0.3, 0.4) is 0 Å². The van der Waals surface area contributed by atoms with Gasteiger partial charge >= 0.3 is 5.69 Å². The van der Waals surface area contributed by atoms with E-state index in [4.69, 9.17) is 13.9 Å². The number of furan rings is 1. The fourth-order valence-electron chi connectivity index (χ4n) is 2.54. The number of para-hydroxylation sites is 3. The van der Waals surface area contributed by atoms with Gasteiger partial charge in [0.1, 0.15) is 23.9 Å². The Morgan fingerprint density at radius 1 is 1.07 bits per heavy atom. The molecule has 28 heavy (non-hydrogen) atoms. The van der Waals surface area contributed by atoms with Gasteiger partial charge in [0.2, 0.25) is 0 Å². The van der Waals surface area contributed by atoms with E-state index in [1.165, 1.54) is 25.3 Å². The number of nitro groups is 1. The molecule has 7 heteroatoms. The molecule has 142 valence electrons. The summed E-state index contributed by atoms with van der Waals surface area (Å²) in [5.41, 5.74) is 0.337. The third kappa shape index (κ3) is 4.45. The number of hydrogen-bond acceptors (Lipinski definition) is 6. The molecule has 3 rings (SSSR count). The van der Waals surface area contributed by atoms with Gasteiger partial charge in [0, 0.05) is 6.07 Å². The van der Waals surface area contributed by atoms with Crippen molar-refractivity contribution in [2.24, 2.45) is 0 Å². The van der Waals surface area contributed by atoms with Crippen LogP contribution in [-0.4, -0.2) is 17.8 Å². The quantitative estimate of drug-likeness (QED) is 0.244. The highest BCUT2D eigenvalue weighted by atomic mass is 16.6. The lowest BCUT2D eigenvalue weighted by Crippen LogP contribution is -1.98. The number of rotatable bonds is 8. The zero-order chi connectivity index (χ0) is 19.9. The molecular weight excluding hydrogens is 362 g/mol. The molecule has 0 aliphatic heterocycles. The van der Waals surface area contributed by atoms with Gasteiger partial charge in [-0.2, -0.15) is 0 Å². The van der Waals surface area contributed by atoms with E-state index in [2.05, 4.69) is 0 Å². The standard InChI is InChI=1S/C21H17NO6/c1-26-20-8-4-2-6-17(20)19(23)13-12-15-10-11-16(28-15)14-27-21-9-5-3-7-18(21)22(24)25/h2-13H,14H2,1H3/b13-12+. The number of benzene rings is 2. The van der Waals surface area contributed by atoms with Crippen LogP contribution in [0.5, 0.6) is 11.5 Å². The van der Waals surface area contributed by atoms with E-state index in [1.54, 1.807) is 54.6 Å². The lowest BCUT2D eigenvalue weighted by atomic mass is 10.1. The molecule has 0 N–H and O–H groups in total. The largest absolute Gasteiger partial charge is 0.496 e. The van der Waals surface area contributed by atoms with Crippen molar-refractivity contribution in [2.45, 2.75) is 6.61 Å². The van der Waals surface area contributed by atoms with Crippen molar-refractivity contribution in [2.75, 3.05) is 7.11 Å². The Balaban J connectivity index is 1.65. The van der Waals surface area contributed by atoms with E-state index in [0.717, 1.165) is 0 Å². The van der Waals surface area contributed by atoms with E-state index >= 15 is 0 Å². The van der Waals surface area contributed by atoms with Crippen molar-refractivity contribution >= 4 is 17.5 Å². The van der Waals surface area contributed by atoms with Gasteiger partial charge in [-0.3, -0.25) is 14.9 Å². The molecule has 0 amide bonds. The maximum absolute atomic E-state index is 12.3. The maximum Gasteiger partial charge on any atom is 0.310 e. The van der Waals surface area contributed by atoms with Crippen molar-refractivity contribution in [1.82, 2.24) is 0 Å². The van der Waals surface area contributed by atoms with Crippen molar-refractivity contribution in [3.8, 4) is 11.5 Å². The summed E-state index contributed by atoms with van der Waals surface area (Å²) >= 11 is 0. The van der Waals surface area contributed by atoms with Crippen molar-refractivity contribution in [1.29, 1.82) is 0 Å². The Bertz CT molecular complexity index is 1020. The van der Waals surface area contributed by atoms with E-state index in [-0.39, 0.29) is 23.8 Å². The van der Waals surface area contributed by atoms with Gasteiger partial charge in [0.25, 0.3) is 0 Å². The van der Waals surface area contributed by atoms with E-state index in [0.29, 0.717) is 22.8 Å². The minimum atomic E-state index is -0.505. The highest BCUT2D eigenvalue weighted by molar-refractivity contribution is 6.08. The SMILES string of the molecule is COc1ccccc1C(=O)/C=C/c1ccc(COc2ccccc2[N+](=O)[O-])o1. The van der Waals surface area contributed by atoms with Gasteiger partial charge < -0.3 is 13.9 Å². The summed E-state index contributed by atoms with van der Waals surface area (Å²) in [5, 5.41) is 11.0. The summed E-state index contributed by atoms with van der Waals surface area (Å²) in [6, 6.07) is 16.4. The Labute approximate surface area is 161 Å². The number of ketones is 1. The summed E-state index contributed by atoms with van der Waals surface area (Å²) in [4.78, 5) is 22.8. The number of nitro benzene ring substituents is 1. The van der Waals surface area contributed by atoms with Gasteiger partial charge in [-0.25, -0.2) is 0 Å². The number of carbonyl (C=O) groups is 1. The molecule has 1 heterocycles. The lowest BCUT2D eigenvalue weighted by Gasteiger charge is -2.04. The molecule has 0 saturated carbocycles. The van der Waals surface area contributed by atoms with E-state index in [9.17, 15) is 14.9 Å².